The molecule has 172 valence electrons. The second kappa shape index (κ2) is 8.95. The number of hydrogen-bond donors (Lipinski definition) is 1. The first-order valence-corrected chi connectivity index (χ1v) is 11.6. The number of benzene rings is 3. The summed E-state index contributed by atoms with van der Waals surface area (Å²) in [5.74, 6) is -0.909. The molecule has 1 aliphatic rings. The molecule has 1 N–H and O–H groups in total. The Kier molecular flexibility index (Phi) is 5.84. The van der Waals surface area contributed by atoms with Gasteiger partial charge in [0.2, 0.25) is 0 Å². The maximum atomic E-state index is 15.0. The van der Waals surface area contributed by atoms with Gasteiger partial charge in [0, 0.05) is 29.9 Å². The molecule has 0 fully saturated rings. The molecule has 7 heteroatoms. The summed E-state index contributed by atoms with van der Waals surface area (Å²) in [7, 11) is 2.00. The predicted molar refractivity (Wildman–Crippen MR) is 135 cm³/mol. The number of carbonyl (C=O) groups is 1. The van der Waals surface area contributed by atoms with Gasteiger partial charge in [-0.1, -0.05) is 35.9 Å². The van der Waals surface area contributed by atoms with Crippen molar-refractivity contribution >= 4 is 39.7 Å². The number of amides is 1. The maximum Gasteiger partial charge on any atom is 0.274 e. The number of halogens is 2. The molecule has 1 aromatic heterocycles. The third-order valence-electron chi connectivity index (χ3n) is 6.05. The van der Waals surface area contributed by atoms with E-state index in [0.29, 0.717) is 16.4 Å². The van der Waals surface area contributed by atoms with Crippen LogP contribution in [0, 0.1) is 12.7 Å². The van der Waals surface area contributed by atoms with Crippen LogP contribution in [-0.4, -0.2) is 34.2 Å². The molecular weight excluding hydrogens is 451 g/mol. The number of anilines is 1. The molecule has 5 rings (SSSR count). The summed E-state index contributed by atoms with van der Waals surface area (Å²) in [6.45, 7) is 2.76. The summed E-state index contributed by atoms with van der Waals surface area (Å²) in [5.41, 5.74) is 3.68. The van der Waals surface area contributed by atoms with Crippen LogP contribution >= 0.6 is 11.6 Å². The SMILES string of the molecule is Cc1cc(C(=O)Nc2ccc(C3=CCCCN3C)cc2F)n(-c2ccc3cc(Cl)ccc3c2)n1. The van der Waals surface area contributed by atoms with E-state index in [4.69, 9.17) is 11.6 Å². The number of nitrogens with one attached hydrogen (secondary N) is 1. The molecule has 0 unspecified atom stereocenters. The van der Waals surface area contributed by atoms with Crippen molar-refractivity contribution < 1.29 is 9.18 Å². The molecule has 0 aliphatic carbocycles. The molecule has 3 aromatic carbocycles. The van der Waals surface area contributed by atoms with Gasteiger partial charge in [-0.2, -0.15) is 5.10 Å². The van der Waals surface area contributed by atoms with E-state index in [1.165, 1.54) is 6.07 Å². The van der Waals surface area contributed by atoms with Crippen molar-refractivity contribution in [3.8, 4) is 5.69 Å². The number of aromatic nitrogens is 2. The first-order valence-electron chi connectivity index (χ1n) is 11.2. The zero-order valence-corrected chi connectivity index (χ0v) is 19.7. The summed E-state index contributed by atoms with van der Waals surface area (Å²) >= 11 is 6.09. The molecule has 0 atom stereocenters. The van der Waals surface area contributed by atoms with Crippen molar-refractivity contribution in [3.63, 3.8) is 0 Å². The minimum absolute atomic E-state index is 0.131. The topological polar surface area (TPSA) is 50.2 Å². The average molecular weight is 475 g/mol. The van der Waals surface area contributed by atoms with E-state index in [9.17, 15) is 9.18 Å². The lowest BCUT2D eigenvalue weighted by molar-refractivity contribution is 0.101. The second-order valence-electron chi connectivity index (χ2n) is 8.56. The minimum Gasteiger partial charge on any atom is -0.374 e. The van der Waals surface area contributed by atoms with Crippen LogP contribution in [0.1, 0.15) is 34.6 Å². The number of nitrogens with zero attached hydrogens (tertiary/aromatic N) is 3. The van der Waals surface area contributed by atoms with Gasteiger partial charge in [0.25, 0.3) is 5.91 Å². The van der Waals surface area contributed by atoms with Gasteiger partial charge in [0.05, 0.1) is 17.1 Å². The molecule has 0 saturated heterocycles. The second-order valence-corrected chi connectivity index (χ2v) is 9.00. The van der Waals surface area contributed by atoms with Gasteiger partial charge in [-0.15, -0.1) is 0 Å². The van der Waals surface area contributed by atoms with E-state index in [0.717, 1.165) is 47.1 Å². The van der Waals surface area contributed by atoms with Crippen LogP contribution in [0.3, 0.4) is 0 Å². The van der Waals surface area contributed by atoms with Crippen LogP contribution in [-0.2, 0) is 0 Å². The Bertz CT molecular complexity index is 1440. The molecule has 1 aliphatic heterocycles. The van der Waals surface area contributed by atoms with E-state index in [-0.39, 0.29) is 5.69 Å². The molecule has 0 bridgehead atoms. The highest BCUT2D eigenvalue weighted by molar-refractivity contribution is 6.31. The highest BCUT2D eigenvalue weighted by Crippen LogP contribution is 2.27. The van der Waals surface area contributed by atoms with Crippen molar-refractivity contribution in [1.82, 2.24) is 14.7 Å². The molecule has 1 amide bonds. The molecule has 2 heterocycles. The third kappa shape index (κ3) is 4.29. The van der Waals surface area contributed by atoms with Gasteiger partial charge in [0.1, 0.15) is 11.5 Å². The Labute approximate surface area is 202 Å². The van der Waals surface area contributed by atoms with Crippen LogP contribution in [0.2, 0.25) is 5.02 Å². The Balaban J connectivity index is 1.43. The lowest BCUT2D eigenvalue weighted by atomic mass is 10.0. The fourth-order valence-corrected chi connectivity index (χ4v) is 4.52. The number of aryl methyl sites for hydroxylation is 1. The van der Waals surface area contributed by atoms with E-state index in [2.05, 4.69) is 21.4 Å². The van der Waals surface area contributed by atoms with E-state index >= 15 is 0 Å². The van der Waals surface area contributed by atoms with Gasteiger partial charge < -0.3 is 10.2 Å². The van der Waals surface area contributed by atoms with Crippen molar-refractivity contribution in [2.75, 3.05) is 18.9 Å². The Morgan fingerprint density at radius 1 is 1.06 bits per heavy atom. The molecule has 34 heavy (non-hydrogen) atoms. The van der Waals surface area contributed by atoms with Crippen molar-refractivity contribution in [2.45, 2.75) is 19.8 Å². The highest BCUT2D eigenvalue weighted by atomic mass is 35.5. The zero-order chi connectivity index (χ0) is 23.8. The number of rotatable bonds is 4. The smallest absolute Gasteiger partial charge is 0.274 e. The highest BCUT2D eigenvalue weighted by Gasteiger charge is 2.19. The number of fused-ring (bicyclic) bond motifs is 1. The van der Waals surface area contributed by atoms with Gasteiger partial charge in [0.15, 0.2) is 0 Å². The molecule has 0 radical (unpaired) electrons. The number of hydrogen-bond acceptors (Lipinski definition) is 3. The van der Waals surface area contributed by atoms with Gasteiger partial charge in [-0.3, -0.25) is 4.79 Å². The quantitative estimate of drug-likeness (QED) is 0.370. The van der Waals surface area contributed by atoms with Crippen molar-refractivity contribution in [1.29, 1.82) is 0 Å². The lowest BCUT2D eigenvalue weighted by Gasteiger charge is -2.26. The number of carbonyl (C=O) groups excluding carboxylic acids is 1. The first-order chi connectivity index (χ1) is 16.4. The first kappa shape index (κ1) is 22.2. The summed E-state index contributed by atoms with van der Waals surface area (Å²) < 4.78 is 16.5. The monoisotopic (exact) mass is 474 g/mol. The molecular formula is C27H24ClFN4O. The number of allylic oxidation sites excluding steroid dienone is 1. The normalized spacial score (nSPS) is 13.8. The van der Waals surface area contributed by atoms with E-state index < -0.39 is 11.7 Å². The Morgan fingerprint density at radius 2 is 1.85 bits per heavy atom. The van der Waals surface area contributed by atoms with Crippen molar-refractivity contribution in [3.05, 3.63) is 94.5 Å². The minimum atomic E-state index is -0.476. The average Bonchev–Trinajstić information content (AvgIpc) is 3.22. The largest absolute Gasteiger partial charge is 0.374 e. The van der Waals surface area contributed by atoms with Crippen LogP contribution < -0.4 is 5.32 Å². The molecule has 0 spiro atoms. The lowest BCUT2D eigenvalue weighted by Crippen LogP contribution is -2.21. The fourth-order valence-electron chi connectivity index (χ4n) is 4.34. The predicted octanol–water partition coefficient (Wildman–Crippen LogP) is 6.45. The van der Waals surface area contributed by atoms with Gasteiger partial charge in [-0.05, 0) is 73.0 Å². The van der Waals surface area contributed by atoms with Crippen LogP contribution in [0.4, 0.5) is 10.1 Å². The van der Waals surface area contributed by atoms with Crippen LogP contribution in [0.25, 0.3) is 22.2 Å². The van der Waals surface area contributed by atoms with Gasteiger partial charge in [-0.25, -0.2) is 9.07 Å². The molecule has 4 aromatic rings. The summed E-state index contributed by atoms with van der Waals surface area (Å²) in [6, 6.07) is 18.0. The Morgan fingerprint density at radius 3 is 2.65 bits per heavy atom. The molecule has 0 saturated carbocycles. The maximum absolute atomic E-state index is 15.0. The zero-order valence-electron chi connectivity index (χ0n) is 19.0. The fraction of sp³-hybridized carbons (Fsp3) is 0.185. The Hall–Kier alpha value is -3.64. The standard InChI is InChI=1S/C27H24ClFN4O/c1-17-13-26(33(31-17)22-10-7-18-14-21(28)9-6-19(18)15-22)27(34)30-24-11-8-20(16-23(24)29)25-5-3-4-12-32(25)2/h5-11,13-16H,3-4,12H2,1-2H3,(H,30,34). The van der Waals surface area contributed by atoms with Crippen molar-refractivity contribution in [2.24, 2.45) is 0 Å². The summed E-state index contributed by atoms with van der Waals surface area (Å²) in [6.07, 6.45) is 4.19. The third-order valence-corrected chi connectivity index (χ3v) is 6.29. The van der Waals surface area contributed by atoms with E-state index in [1.807, 2.05) is 56.4 Å². The van der Waals surface area contributed by atoms with E-state index in [1.54, 1.807) is 16.8 Å². The van der Waals surface area contributed by atoms with Crippen LogP contribution in [0.5, 0.6) is 0 Å². The summed E-state index contributed by atoms with van der Waals surface area (Å²) in [5, 5.41) is 9.84. The summed E-state index contributed by atoms with van der Waals surface area (Å²) in [4.78, 5) is 15.3. The van der Waals surface area contributed by atoms with Gasteiger partial charge >= 0.3 is 0 Å². The van der Waals surface area contributed by atoms with Crippen LogP contribution in [0.15, 0.2) is 66.7 Å². The molecule has 5 nitrogen and oxygen atoms in total.